The summed E-state index contributed by atoms with van der Waals surface area (Å²) in [5, 5.41) is 14.4. The number of nitrogens with zero attached hydrogens (tertiary/aromatic N) is 1. The lowest BCUT2D eigenvalue weighted by Crippen LogP contribution is -2.30. The summed E-state index contributed by atoms with van der Waals surface area (Å²) in [5.41, 5.74) is 1.97. The Morgan fingerprint density at radius 2 is 2.04 bits per heavy atom. The predicted molar refractivity (Wildman–Crippen MR) is 92.1 cm³/mol. The predicted octanol–water partition coefficient (Wildman–Crippen LogP) is 3.30. The number of hydrogen-bond acceptors (Lipinski definition) is 2. The number of carbonyl (C=O) groups is 1. The van der Waals surface area contributed by atoms with Gasteiger partial charge in [0.2, 0.25) is 5.91 Å². The Labute approximate surface area is 137 Å². The van der Waals surface area contributed by atoms with E-state index in [0.717, 1.165) is 16.5 Å². The number of rotatable bonds is 5. The van der Waals surface area contributed by atoms with Crippen molar-refractivity contribution in [2.75, 3.05) is 6.54 Å². The van der Waals surface area contributed by atoms with Gasteiger partial charge in [-0.25, -0.2) is 0 Å². The molecule has 1 fully saturated rings. The molecule has 2 aromatic rings. The summed E-state index contributed by atoms with van der Waals surface area (Å²) >= 11 is 0. The molecule has 23 heavy (non-hydrogen) atoms. The third-order valence-electron chi connectivity index (χ3n) is 4.98. The zero-order chi connectivity index (χ0) is 16.2. The third kappa shape index (κ3) is 3.75. The molecule has 4 nitrogen and oxygen atoms in total. The van der Waals surface area contributed by atoms with E-state index in [0.29, 0.717) is 12.3 Å². The van der Waals surface area contributed by atoms with Crippen LogP contribution in [0.1, 0.15) is 50.2 Å². The lowest BCUT2D eigenvalue weighted by Gasteiger charge is -2.21. The molecule has 1 saturated carbocycles. The summed E-state index contributed by atoms with van der Waals surface area (Å²) in [4.78, 5) is 12.1. The highest BCUT2D eigenvalue weighted by Crippen LogP contribution is 2.27. The Bertz CT molecular complexity index is 671. The minimum absolute atomic E-state index is 0.0659. The Hall–Kier alpha value is -1.81. The smallest absolute Gasteiger partial charge is 0.220 e. The fourth-order valence-electron chi connectivity index (χ4n) is 3.68. The van der Waals surface area contributed by atoms with E-state index in [1.165, 1.54) is 32.1 Å². The van der Waals surface area contributed by atoms with Gasteiger partial charge in [-0.2, -0.15) is 0 Å². The molecule has 1 amide bonds. The quantitative estimate of drug-likeness (QED) is 0.889. The van der Waals surface area contributed by atoms with Crippen molar-refractivity contribution in [2.24, 2.45) is 13.0 Å². The number of amides is 1. The number of hydrogen-bond donors (Lipinski definition) is 2. The van der Waals surface area contributed by atoms with Gasteiger partial charge < -0.3 is 15.0 Å². The molecule has 1 atom stereocenters. The van der Waals surface area contributed by atoms with Gasteiger partial charge in [0.05, 0.1) is 6.10 Å². The van der Waals surface area contributed by atoms with Crippen LogP contribution in [0.15, 0.2) is 30.5 Å². The molecule has 2 N–H and O–H groups in total. The van der Waals surface area contributed by atoms with E-state index in [1.807, 2.05) is 42.1 Å². The van der Waals surface area contributed by atoms with Crippen LogP contribution in [0.2, 0.25) is 0 Å². The molecule has 0 bridgehead atoms. The number of benzene rings is 1. The van der Waals surface area contributed by atoms with Gasteiger partial charge in [0.25, 0.3) is 0 Å². The standard InChI is InChI=1S/C19H26N2O2/c1-21-13-16(15-9-5-6-10-17(15)21)18(22)12-20-19(23)11-14-7-3-2-4-8-14/h5-6,9-10,13-14,18,22H,2-4,7-8,11-12H2,1H3,(H,20,23). The number of carbonyl (C=O) groups excluding carboxylic acids is 1. The minimum atomic E-state index is -0.670. The molecule has 0 aliphatic heterocycles. The van der Waals surface area contributed by atoms with Crippen molar-refractivity contribution in [1.82, 2.24) is 9.88 Å². The number of aromatic nitrogens is 1. The average Bonchev–Trinajstić information content (AvgIpc) is 2.91. The molecule has 0 saturated heterocycles. The highest BCUT2D eigenvalue weighted by Gasteiger charge is 2.19. The molecular weight excluding hydrogens is 288 g/mol. The number of nitrogens with one attached hydrogen (secondary N) is 1. The summed E-state index contributed by atoms with van der Waals surface area (Å²) in [6, 6.07) is 8.01. The summed E-state index contributed by atoms with van der Waals surface area (Å²) in [6.07, 6.45) is 8.01. The van der Waals surface area contributed by atoms with Gasteiger partial charge in [-0.15, -0.1) is 0 Å². The molecule has 1 heterocycles. The Kier molecular flexibility index (Phi) is 5.01. The number of aliphatic hydroxyl groups excluding tert-OH is 1. The van der Waals surface area contributed by atoms with Crippen LogP contribution in [-0.4, -0.2) is 22.1 Å². The zero-order valence-corrected chi connectivity index (χ0v) is 13.8. The third-order valence-corrected chi connectivity index (χ3v) is 4.98. The van der Waals surface area contributed by atoms with Gasteiger partial charge >= 0.3 is 0 Å². The van der Waals surface area contributed by atoms with E-state index >= 15 is 0 Å². The monoisotopic (exact) mass is 314 g/mol. The van der Waals surface area contributed by atoms with Gasteiger partial charge in [0.15, 0.2) is 0 Å². The molecule has 0 spiro atoms. The molecular formula is C19H26N2O2. The van der Waals surface area contributed by atoms with Crippen LogP contribution in [0, 0.1) is 5.92 Å². The second-order valence-corrected chi connectivity index (χ2v) is 6.74. The highest BCUT2D eigenvalue weighted by atomic mass is 16.3. The molecule has 0 radical (unpaired) electrons. The molecule has 3 rings (SSSR count). The van der Waals surface area contributed by atoms with Crippen molar-refractivity contribution in [3.05, 3.63) is 36.0 Å². The maximum atomic E-state index is 12.1. The van der Waals surface area contributed by atoms with Gasteiger partial charge in [0.1, 0.15) is 0 Å². The largest absolute Gasteiger partial charge is 0.386 e. The molecule has 1 aromatic heterocycles. The second-order valence-electron chi connectivity index (χ2n) is 6.74. The van der Waals surface area contributed by atoms with Crippen LogP contribution in [0.25, 0.3) is 10.9 Å². The van der Waals surface area contributed by atoms with Gasteiger partial charge in [0, 0.05) is 42.7 Å². The SMILES string of the molecule is Cn1cc(C(O)CNC(=O)CC2CCCCC2)c2ccccc21. The Balaban J connectivity index is 1.58. The van der Waals surface area contributed by atoms with Crippen molar-refractivity contribution < 1.29 is 9.90 Å². The number of fused-ring (bicyclic) bond motifs is 1. The second kappa shape index (κ2) is 7.18. The van der Waals surface area contributed by atoms with Crippen LogP contribution in [-0.2, 0) is 11.8 Å². The first-order valence-electron chi connectivity index (χ1n) is 8.64. The van der Waals surface area contributed by atoms with Crippen LogP contribution in [0.5, 0.6) is 0 Å². The van der Waals surface area contributed by atoms with E-state index in [2.05, 4.69) is 5.32 Å². The number of aryl methyl sites for hydroxylation is 1. The lowest BCUT2D eigenvalue weighted by molar-refractivity contribution is -0.122. The minimum Gasteiger partial charge on any atom is -0.386 e. The van der Waals surface area contributed by atoms with Crippen molar-refractivity contribution in [3.63, 3.8) is 0 Å². The molecule has 1 aliphatic rings. The van der Waals surface area contributed by atoms with E-state index in [1.54, 1.807) is 0 Å². The maximum absolute atomic E-state index is 12.1. The topological polar surface area (TPSA) is 54.3 Å². The van der Waals surface area contributed by atoms with Gasteiger partial charge in [-0.1, -0.05) is 37.5 Å². The van der Waals surface area contributed by atoms with Crippen molar-refractivity contribution in [2.45, 2.75) is 44.6 Å². The van der Waals surface area contributed by atoms with Crippen LogP contribution >= 0.6 is 0 Å². The molecule has 1 aliphatic carbocycles. The molecule has 1 unspecified atom stereocenters. The number of para-hydroxylation sites is 1. The molecule has 1 aromatic carbocycles. The molecule has 124 valence electrons. The van der Waals surface area contributed by atoms with Gasteiger partial charge in [-0.05, 0) is 24.8 Å². The average molecular weight is 314 g/mol. The van der Waals surface area contributed by atoms with Crippen LogP contribution in [0.3, 0.4) is 0 Å². The van der Waals surface area contributed by atoms with E-state index in [-0.39, 0.29) is 12.5 Å². The van der Waals surface area contributed by atoms with Crippen molar-refractivity contribution in [1.29, 1.82) is 0 Å². The zero-order valence-electron chi connectivity index (χ0n) is 13.8. The van der Waals surface area contributed by atoms with Crippen molar-refractivity contribution in [3.8, 4) is 0 Å². The van der Waals surface area contributed by atoms with E-state index in [4.69, 9.17) is 0 Å². The van der Waals surface area contributed by atoms with Crippen LogP contribution in [0.4, 0.5) is 0 Å². The number of aliphatic hydroxyl groups is 1. The fraction of sp³-hybridized carbons (Fsp3) is 0.526. The maximum Gasteiger partial charge on any atom is 0.220 e. The first-order chi connectivity index (χ1) is 11.1. The normalized spacial score (nSPS) is 17.3. The summed E-state index contributed by atoms with van der Waals surface area (Å²) in [5.74, 6) is 0.592. The summed E-state index contributed by atoms with van der Waals surface area (Å²) in [7, 11) is 1.97. The van der Waals surface area contributed by atoms with Gasteiger partial charge in [-0.3, -0.25) is 4.79 Å². The van der Waals surface area contributed by atoms with Crippen molar-refractivity contribution >= 4 is 16.8 Å². The van der Waals surface area contributed by atoms with E-state index < -0.39 is 6.10 Å². The Morgan fingerprint density at radius 3 is 2.83 bits per heavy atom. The Morgan fingerprint density at radius 1 is 1.30 bits per heavy atom. The highest BCUT2D eigenvalue weighted by molar-refractivity contribution is 5.84. The summed E-state index contributed by atoms with van der Waals surface area (Å²) in [6.45, 7) is 0.277. The first-order valence-corrected chi connectivity index (χ1v) is 8.64. The lowest BCUT2D eigenvalue weighted by atomic mass is 9.87. The van der Waals surface area contributed by atoms with E-state index in [9.17, 15) is 9.90 Å². The first kappa shape index (κ1) is 16.1. The summed E-state index contributed by atoms with van der Waals surface area (Å²) < 4.78 is 2.01. The fourth-order valence-corrected chi connectivity index (χ4v) is 3.68. The van der Waals surface area contributed by atoms with Crippen LogP contribution < -0.4 is 5.32 Å². The molecule has 4 heteroatoms.